The molecule has 1 aliphatic rings. The van der Waals surface area contributed by atoms with Gasteiger partial charge in [-0.2, -0.15) is 4.98 Å². The Labute approximate surface area is 186 Å². The quantitative estimate of drug-likeness (QED) is 0.586. The minimum Gasteiger partial charge on any atom is -0.497 e. The first-order chi connectivity index (χ1) is 15.6. The number of nitrogens with one attached hydrogen (secondary N) is 1. The van der Waals surface area contributed by atoms with Crippen LogP contribution < -0.4 is 10.1 Å². The summed E-state index contributed by atoms with van der Waals surface area (Å²) in [4.78, 5) is 31.2. The number of aromatic nitrogens is 2. The molecule has 0 unspecified atom stereocenters. The third-order valence-electron chi connectivity index (χ3n) is 5.52. The summed E-state index contributed by atoms with van der Waals surface area (Å²) in [6.07, 6.45) is 1.37. The minimum atomic E-state index is -0.235. The molecule has 8 nitrogen and oxygen atoms in total. The standard InChI is InChI=1S/C24H26N4O4/c1-31-20-9-5-6-17(14-20)15-28-16-19(10-11-22(28)29)24(30)25-13-12-21-26-23(27-32-21)18-7-3-2-4-8-18/h2-9,14,19H,10-13,15-16H2,1H3,(H,25,30)/t19-/m1/s1. The van der Waals surface area contributed by atoms with Crippen molar-refractivity contribution in [2.24, 2.45) is 5.92 Å². The highest BCUT2D eigenvalue weighted by Gasteiger charge is 2.30. The zero-order valence-corrected chi connectivity index (χ0v) is 18.0. The number of hydrogen-bond acceptors (Lipinski definition) is 6. The molecule has 2 heterocycles. The van der Waals surface area contributed by atoms with Crippen molar-refractivity contribution in [2.45, 2.75) is 25.8 Å². The molecule has 1 N–H and O–H groups in total. The number of piperidine rings is 1. The first kappa shape index (κ1) is 21.5. The van der Waals surface area contributed by atoms with Gasteiger partial charge in [-0.3, -0.25) is 9.59 Å². The molecule has 32 heavy (non-hydrogen) atoms. The number of nitrogens with zero attached hydrogens (tertiary/aromatic N) is 3. The van der Waals surface area contributed by atoms with Gasteiger partial charge in [0.05, 0.1) is 13.0 Å². The van der Waals surface area contributed by atoms with Gasteiger partial charge in [0.1, 0.15) is 5.75 Å². The maximum Gasteiger partial charge on any atom is 0.228 e. The van der Waals surface area contributed by atoms with Gasteiger partial charge in [0.2, 0.25) is 23.5 Å². The zero-order valence-electron chi connectivity index (χ0n) is 18.0. The van der Waals surface area contributed by atoms with Crippen molar-refractivity contribution >= 4 is 11.8 Å². The van der Waals surface area contributed by atoms with E-state index >= 15 is 0 Å². The Kier molecular flexibility index (Phi) is 6.79. The van der Waals surface area contributed by atoms with Gasteiger partial charge in [-0.1, -0.05) is 47.6 Å². The number of hydrogen-bond donors (Lipinski definition) is 1. The van der Waals surface area contributed by atoms with Gasteiger partial charge in [-0.25, -0.2) is 0 Å². The molecule has 0 bridgehead atoms. The van der Waals surface area contributed by atoms with Crippen molar-refractivity contribution < 1.29 is 18.8 Å². The van der Waals surface area contributed by atoms with Crippen LogP contribution in [0, 0.1) is 5.92 Å². The van der Waals surface area contributed by atoms with Crippen molar-refractivity contribution in [3.63, 3.8) is 0 Å². The first-order valence-electron chi connectivity index (χ1n) is 10.7. The molecule has 0 radical (unpaired) electrons. The highest BCUT2D eigenvalue weighted by Crippen LogP contribution is 2.22. The molecule has 1 saturated heterocycles. The fraction of sp³-hybridized carbons (Fsp3) is 0.333. The van der Waals surface area contributed by atoms with Gasteiger partial charge in [0.15, 0.2) is 0 Å². The molecule has 1 fully saturated rings. The molecule has 0 saturated carbocycles. The van der Waals surface area contributed by atoms with E-state index in [2.05, 4.69) is 15.5 Å². The minimum absolute atomic E-state index is 0.0593. The van der Waals surface area contributed by atoms with Gasteiger partial charge in [-0.15, -0.1) is 0 Å². The molecule has 166 valence electrons. The van der Waals surface area contributed by atoms with Crippen LogP contribution in [0.5, 0.6) is 5.75 Å². The lowest BCUT2D eigenvalue weighted by Crippen LogP contribution is -2.45. The predicted octanol–water partition coefficient (Wildman–Crippen LogP) is 2.84. The lowest BCUT2D eigenvalue weighted by atomic mass is 9.96. The van der Waals surface area contributed by atoms with Gasteiger partial charge >= 0.3 is 0 Å². The van der Waals surface area contributed by atoms with E-state index in [-0.39, 0.29) is 17.7 Å². The van der Waals surface area contributed by atoms with Crippen molar-refractivity contribution in [1.82, 2.24) is 20.4 Å². The number of amides is 2. The fourth-order valence-corrected chi connectivity index (χ4v) is 3.77. The van der Waals surface area contributed by atoms with Gasteiger partial charge in [-0.05, 0) is 24.1 Å². The van der Waals surface area contributed by atoms with E-state index < -0.39 is 0 Å². The number of benzene rings is 2. The maximum atomic E-state index is 12.7. The molecule has 1 aromatic heterocycles. The van der Waals surface area contributed by atoms with Crippen LogP contribution in [0.2, 0.25) is 0 Å². The van der Waals surface area contributed by atoms with Crippen LogP contribution in [0.25, 0.3) is 11.4 Å². The van der Waals surface area contributed by atoms with E-state index in [4.69, 9.17) is 9.26 Å². The van der Waals surface area contributed by atoms with Gasteiger partial charge in [0, 0.05) is 38.0 Å². The topological polar surface area (TPSA) is 97.6 Å². The maximum absolute atomic E-state index is 12.7. The highest BCUT2D eigenvalue weighted by molar-refractivity contribution is 5.83. The summed E-state index contributed by atoms with van der Waals surface area (Å²) >= 11 is 0. The van der Waals surface area contributed by atoms with E-state index in [0.717, 1.165) is 16.9 Å². The van der Waals surface area contributed by atoms with E-state index in [1.54, 1.807) is 12.0 Å². The van der Waals surface area contributed by atoms with Crippen molar-refractivity contribution in [1.29, 1.82) is 0 Å². The first-order valence-corrected chi connectivity index (χ1v) is 10.7. The lowest BCUT2D eigenvalue weighted by molar-refractivity contribution is -0.138. The summed E-state index contributed by atoms with van der Waals surface area (Å²) in [5, 5.41) is 6.94. The summed E-state index contributed by atoms with van der Waals surface area (Å²) in [5.41, 5.74) is 1.86. The molecule has 3 aromatic rings. The Morgan fingerprint density at radius 1 is 1.22 bits per heavy atom. The van der Waals surface area contributed by atoms with Crippen LogP contribution in [0.4, 0.5) is 0 Å². The predicted molar refractivity (Wildman–Crippen MR) is 118 cm³/mol. The molecule has 8 heteroatoms. The van der Waals surface area contributed by atoms with Crippen LogP contribution in [0.3, 0.4) is 0 Å². The highest BCUT2D eigenvalue weighted by atomic mass is 16.5. The van der Waals surface area contributed by atoms with E-state index in [1.807, 2.05) is 54.6 Å². The molecule has 1 aliphatic heterocycles. The van der Waals surface area contributed by atoms with Crippen molar-refractivity contribution in [3.8, 4) is 17.1 Å². The van der Waals surface area contributed by atoms with Crippen LogP contribution >= 0.6 is 0 Å². The van der Waals surface area contributed by atoms with Gasteiger partial charge < -0.3 is 19.5 Å². The Hall–Kier alpha value is -3.68. The van der Waals surface area contributed by atoms with E-state index in [1.165, 1.54) is 0 Å². The smallest absolute Gasteiger partial charge is 0.228 e. The number of carbonyl (C=O) groups excluding carboxylic acids is 2. The Balaban J connectivity index is 1.28. The zero-order chi connectivity index (χ0) is 22.3. The second kappa shape index (κ2) is 10.1. The fourth-order valence-electron chi connectivity index (χ4n) is 3.77. The summed E-state index contributed by atoms with van der Waals surface area (Å²) in [5.74, 6) is 1.53. The second-order valence-corrected chi connectivity index (χ2v) is 7.78. The monoisotopic (exact) mass is 434 g/mol. The molecule has 1 atom stereocenters. The van der Waals surface area contributed by atoms with Gasteiger partial charge in [0.25, 0.3) is 0 Å². The molecule has 0 aliphatic carbocycles. The Morgan fingerprint density at radius 3 is 2.88 bits per heavy atom. The number of carbonyl (C=O) groups is 2. The molecular formula is C24H26N4O4. The van der Waals surface area contributed by atoms with Crippen LogP contribution in [-0.4, -0.2) is 47.1 Å². The largest absolute Gasteiger partial charge is 0.497 e. The molecule has 0 spiro atoms. The molecular weight excluding hydrogens is 408 g/mol. The second-order valence-electron chi connectivity index (χ2n) is 7.78. The molecule has 2 amide bonds. The third-order valence-corrected chi connectivity index (χ3v) is 5.52. The van der Waals surface area contributed by atoms with Crippen LogP contribution in [0.15, 0.2) is 59.1 Å². The number of ether oxygens (including phenoxy) is 1. The summed E-state index contributed by atoms with van der Waals surface area (Å²) in [7, 11) is 1.61. The Morgan fingerprint density at radius 2 is 2.06 bits per heavy atom. The number of rotatable bonds is 8. The average Bonchev–Trinajstić information content (AvgIpc) is 3.30. The van der Waals surface area contributed by atoms with Crippen molar-refractivity contribution in [3.05, 3.63) is 66.1 Å². The number of methoxy groups -OCH3 is 1. The molecule has 2 aromatic carbocycles. The normalized spacial score (nSPS) is 16.1. The van der Waals surface area contributed by atoms with E-state index in [0.29, 0.717) is 50.6 Å². The third kappa shape index (κ3) is 5.32. The summed E-state index contributed by atoms with van der Waals surface area (Å²) in [6.45, 7) is 1.26. The van der Waals surface area contributed by atoms with E-state index in [9.17, 15) is 9.59 Å². The average molecular weight is 434 g/mol. The van der Waals surface area contributed by atoms with Crippen LogP contribution in [-0.2, 0) is 22.6 Å². The summed E-state index contributed by atoms with van der Waals surface area (Å²) in [6, 6.07) is 17.2. The van der Waals surface area contributed by atoms with Crippen molar-refractivity contribution in [2.75, 3.05) is 20.2 Å². The number of likely N-dealkylation sites (tertiary alicyclic amines) is 1. The lowest BCUT2D eigenvalue weighted by Gasteiger charge is -2.32. The SMILES string of the molecule is COc1cccc(CN2C[C@H](C(=O)NCCc3nc(-c4ccccc4)no3)CCC2=O)c1. The summed E-state index contributed by atoms with van der Waals surface area (Å²) < 4.78 is 10.5. The van der Waals surface area contributed by atoms with Crippen LogP contribution in [0.1, 0.15) is 24.3 Å². The Bertz CT molecular complexity index is 1070. The molecule has 4 rings (SSSR count).